The Hall–Kier alpha value is -0.570. The number of carbonyl (C=O) groups is 1. The molecule has 0 aromatic rings. The molecule has 1 aliphatic heterocycles. The molecule has 3 heteroatoms. The number of nitrogens with one attached hydrogen (secondary N) is 1. The quantitative estimate of drug-likeness (QED) is 0.629. The fourth-order valence-corrected chi connectivity index (χ4v) is 4.04. The summed E-state index contributed by atoms with van der Waals surface area (Å²) in [6, 6.07) is 0.000278. The molecule has 3 rings (SSSR count). The first-order valence-electron chi connectivity index (χ1n) is 5.62. The highest BCUT2D eigenvalue weighted by Crippen LogP contribution is 2.55. The predicted octanol–water partition coefficient (Wildman–Crippen LogP) is 0.793. The summed E-state index contributed by atoms with van der Waals surface area (Å²) in [5.41, 5.74) is 0. The Kier molecular flexibility index (Phi) is 1.84. The van der Waals surface area contributed by atoms with Crippen molar-refractivity contribution >= 4 is 5.97 Å². The highest BCUT2D eigenvalue weighted by molar-refractivity contribution is 5.76. The summed E-state index contributed by atoms with van der Waals surface area (Å²) in [6.45, 7) is 1.03. The van der Waals surface area contributed by atoms with Crippen molar-refractivity contribution in [3.8, 4) is 0 Å². The molecular formula is C11H17NO2. The van der Waals surface area contributed by atoms with Crippen LogP contribution >= 0.6 is 0 Å². The summed E-state index contributed by atoms with van der Waals surface area (Å²) in [4.78, 5) is 11.5. The number of fused-ring (bicyclic) bond motifs is 5. The topological polar surface area (TPSA) is 38.3 Å². The SMILES string of the molecule is COC(=O)C1NCC2C3CCC(C3)C12. The lowest BCUT2D eigenvalue weighted by molar-refractivity contribution is -0.144. The molecule has 3 aliphatic rings. The number of hydrogen-bond acceptors (Lipinski definition) is 3. The van der Waals surface area contributed by atoms with E-state index in [2.05, 4.69) is 5.32 Å². The van der Waals surface area contributed by atoms with Gasteiger partial charge >= 0.3 is 5.97 Å². The summed E-state index contributed by atoms with van der Waals surface area (Å²) in [5.74, 6) is 2.99. The molecule has 0 amide bonds. The van der Waals surface area contributed by atoms with E-state index >= 15 is 0 Å². The standard InChI is InChI=1S/C11H17NO2/c1-14-11(13)10-9-7-3-2-6(4-7)8(9)5-12-10/h6-10,12H,2-5H2,1H3. The average molecular weight is 195 g/mol. The van der Waals surface area contributed by atoms with Gasteiger partial charge in [0.2, 0.25) is 0 Å². The van der Waals surface area contributed by atoms with Crippen molar-refractivity contribution < 1.29 is 9.53 Å². The van der Waals surface area contributed by atoms with Crippen molar-refractivity contribution in [2.45, 2.75) is 25.3 Å². The van der Waals surface area contributed by atoms with Crippen LogP contribution in [0.4, 0.5) is 0 Å². The van der Waals surface area contributed by atoms with E-state index in [1.165, 1.54) is 26.4 Å². The number of hydrogen-bond donors (Lipinski definition) is 1. The zero-order valence-corrected chi connectivity index (χ0v) is 8.53. The first kappa shape index (κ1) is 8.72. The fourth-order valence-electron chi connectivity index (χ4n) is 4.04. The third-order valence-corrected chi connectivity index (χ3v) is 4.57. The van der Waals surface area contributed by atoms with Crippen molar-refractivity contribution in [2.24, 2.45) is 23.7 Å². The van der Waals surface area contributed by atoms with Crippen LogP contribution in [0.1, 0.15) is 19.3 Å². The van der Waals surface area contributed by atoms with Gasteiger partial charge in [-0.3, -0.25) is 4.79 Å². The Bertz CT molecular complexity index is 266. The van der Waals surface area contributed by atoms with Crippen LogP contribution in [0.5, 0.6) is 0 Å². The number of rotatable bonds is 1. The molecule has 3 nitrogen and oxygen atoms in total. The van der Waals surface area contributed by atoms with Crippen LogP contribution in [0.2, 0.25) is 0 Å². The van der Waals surface area contributed by atoms with Crippen molar-refractivity contribution in [3.63, 3.8) is 0 Å². The molecule has 14 heavy (non-hydrogen) atoms. The van der Waals surface area contributed by atoms with Crippen LogP contribution in [-0.2, 0) is 9.53 Å². The normalized spacial score (nSPS) is 49.4. The van der Waals surface area contributed by atoms with Gasteiger partial charge in [0.15, 0.2) is 0 Å². The van der Waals surface area contributed by atoms with Crippen molar-refractivity contribution in [1.82, 2.24) is 5.32 Å². The highest BCUT2D eigenvalue weighted by atomic mass is 16.5. The molecule has 0 radical (unpaired) electrons. The van der Waals surface area contributed by atoms with Gasteiger partial charge in [0.25, 0.3) is 0 Å². The lowest BCUT2D eigenvalue weighted by atomic mass is 9.78. The van der Waals surface area contributed by atoms with Gasteiger partial charge in [-0.25, -0.2) is 0 Å². The van der Waals surface area contributed by atoms with E-state index in [4.69, 9.17) is 4.74 Å². The van der Waals surface area contributed by atoms with Crippen LogP contribution in [0, 0.1) is 23.7 Å². The van der Waals surface area contributed by atoms with Crippen LogP contribution in [0.25, 0.3) is 0 Å². The molecule has 2 saturated carbocycles. The molecule has 5 atom stereocenters. The van der Waals surface area contributed by atoms with Gasteiger partial charge < -0.3 is 10.1 Å². The maximum Gasteiger partial charge on any atom is 0.323 e. The van der Waals surface area contributed by atoms with Gasteiger partial charge in [-0.15, -0.1) is 0 Å². The molecule has 0 aromatic heterocycles. The smallest absolute Gasteiger partial charge is 0.323 e. The molecule has 0 spiro atoms. The molecule has 5 unspecified atom stereocenters. The monoisotopic (exact) mass is 195 g/mol. The van der Waals surface area contributed by atoms with Crippen LogP contribution in [0.3, 0.4) is 0 Å². The first-order chi connectivity index (χ1) is 6.81. The Morgan fingerprint density at radius 2 is 2.14 bits per heavy atom. The minimum absolute atomic E-state index is 0.000278. The Labute approximate surface area is 84.2 Å². The van der Waals surface area contributed by atoms with E-state index in [1.807, 2.05) is 0 Å². The fraction of sp³-hybridized carbons (Fsp3) is 0.909. The van der Waals surface area contributed by atoms with Crippen LogP contribution in [0.15, 0.2) is 0 Å². The predicted molar refractivity (Wildman–Crippen MR) is 51.6 cm³/mol. The summed E-state index contributed by atoms with van der Waals surface area (Å²) in [6.07, 6.45) is 4.09. The van der Waals surface area contributed by atoms with E-state index in [0.717, 1.165) is 24.3 Å². The zero-order chi connectivity index (χ0) is 9.71. The van der Waals surface area contributed by atoms with Gasteiger partial charge in [0, 0.05) is 0 Å². The molecular weight excluding hydrogens is 178 g/mol. The number of esters is 1. The van der Waals surface area contributed by atoms with Crippen molar-refractivity contribution in [1.29, 1.82) is 0 Å². The molecule has 2 bridgehead atoms. The number of methoxy groups -OCH3 is 1. The van der Waals surface area contributed by atoms with Gasteiger partial charge in [0.1, 0.15) is 6.04 Å². The van der Waals surface area contributed by atoms with E-state index < -0.39 is 0 Å². The summed E-state index contributed by atoms with van der Waals surface area (Å²) in [5, 5.41) is 3.34. The minimum atomic E-state index is -0.0509. The third kappa shape index (κ3) is 0.991. The Morgan fingerprint density at radius 1 is 1.36 bits per heavy atom. The second-order valence-electron chi connectivity index (χ2n) is 4.98. The number of ether oxygens (including phenoxy) is 1. The molecule has 3 fully saturated rings. The van der Waals surface area contributed by atoms with Gasteiger partial charge in [-0.05, 0) is 49.5 Å². The van der Waals surface area contributed by atoms with Gasteiger partial charge in [0.05, 0.1) is 7.11 Å². The van der Waals surface area contributed by atoms with Gasteiger partial charge in [-0.1, -0.05) is 0 Å². The maximum atomic E-state index is 11.5. The minimum Gasteiger partial charge on any atom is -0.468 e. The van der Waals surface area contributed by atoms with E-state index in [0.29, 0.717) is 5.92 Å². The highest BCUT2D eigenvalue weighted by Gasteiger charge is 2.55. The molecule has 2 aliphatic carbocycles. The van der Waals surface area contributed by atoms with Crippen molar-refractivity contribution in [3.05, 3.63) is 0 Å². The van der Waals surface area contributed by atoms with E-state index in [9.17, 15) is 4.79 Å². The largest absolute Gasteiger partial charge is 0.468 e. The molecule has 78 valence electrons. The Balaban J connectivity index is 1.82. The summed E-state index contributed by atoms with van der Waals surface area (Å²) < 4.78 is 4.85. The summed E-state index contributed by atoms with van der Waals surface area (Å²) in [7, 11) is 1.49. The number of carbonyl (C=O) groups excluding carboxylic acids is 1. The average Bonchev–Trinajstić information content (AvgIpc) is 2.87. The lowest BCUT2D eigenvalue weighted by Gasteiger charge is -2.26. The van der Waals surface area contributed by atoms with E-state index in [-0.39, 0.29) is 12.0 Å². The second-order valence-corrected chi connectivity index (χ2v) is 4.98. The van der Waals surface area contributed by atoms with Crippen LogP contribution in [-0.4, -0.2) is 25.7 Å². The molecule has 0 aromatic carbocycles. The van der Waals surface area contributed by atoms with Gasteiger partial charge in [-0.2, -0.15) is 0 Å². The molecule has 1 saturated heterocycles. The summed E-state index contributed by atoms with van der Waals surface area (Å²) >= 11 is 0. The Morgan fingerprint density at radius 3 is 2.93 bits per heavy atom. The third-order valence-electron chi connectivity index (χ3n) is 4.57. The lowest BCUT2D eigenvalue weighted by Crippen LogP contribution is -2.39. The van der Waals surface area contributed by atoms with Crippen LogP contribution < -0.4 is 5.32 Å². The maximum absolute atomic E-state index is 11.5. The zero-order valence-electron chi connectivity index (χ0n) is 8.53. The molecule has 1 N–H and O–H groups in total. The second kappa shape index (κ2) is 2.96. The molecule has 1 heterocycles. The van der Waals surface area contributed by atoms with E-state index in [1.54, 1.807) is 0 Å². The first-order valence-corrected chi connectivity index (χ1v) is 5.62. The van der Waals surface area contributed by atoms with Crippen molar-refractivity contribution in [2.75, 3.05) is 13.7 Å².